The van der Waals surface area contributed by atoms with Crippen LogP contribution in [0.1, 0.15) is 194 Å². The second-order valence-corrected chi connectivity index (χ2v) is 18.3. The van der Waals surface area contributed by atoms with Gasteiger partial charge in [-0.25, -0.2) is 0 Å². The number of ether oxygens (including phenoxy) is 4. The first-order valence-electron chi connectivity index (χ1n) is 25.6. The average Bonchev–Trinajstić information content (AvgIpc) is 3.29. The lowest BCUT2D eigenvalue weighted by molar-refractivity contribution is -0.359. The molecular weight excluding hydrogens is 823 g/mol. The molecule has 14 heteroatoms. The van der Waals surface area contributed by atoms with E-state index >= 15 is 0 Å². The predicted molar refractivity (Wildman–Crippen MR) is 249 cm³/mol. The molecule has 2 saturated heterocycles. The molecule has 0 spiro atoms. The fraction of sp³-hybridized carbons (Fsp3) is 0.900. The molecule has 2 aliphatic rings. The van der Waals surface area contributed by atoms with Crippen molar-refractivity contribution in [2.45, 2.75) is 267 Å². The fourth-order valence-corrected chi connectivity index (χ4v) is 8.40. The summed E-state index contributed by atoms with van der Waals surface area (Å²) in [5.41, 5.74) is 0. The summed E-state index contributed by atoms with van der Waals surface area (Å²) in [5.74, 6) is -0.245. The number of unbranched alkanes of at least 4 members (excludes halogenated alkanes) is 24. The maximum atomic E-state index is 13.2. The Morgan fingerprint density at radius 2 is 0.984 bits per heavy atom. The molecule has 0 saturated carbocycles. The molecule has 376 valence electrons. The largest absolute Gasteiger partial charge is 0.394 e. The molecule has 2 heterocycles. The molecule has 0 bridgehead atoms. The fourth-order valence-electron chi connectivity index (χ4n) is 8.40. The van der Waals surface area contributed by atoms with Gasteiger partial charge in [0.2, 0.25) is 5.91 Å². The van der Waals surface area contributed by atoms with E-state index in [1.165, 1.54) is 122 Å². The maximum Gasteiger partial charge on any atom is 0.220 e. The molecule has 1 amide bonds. The Morgan fingerprint density at radius 3 is 1.48 bits per heavy atom. The minimum atomic E-state index is -1.79. The Labute approximate surface area is 386 Å². The van der Waals surface area contributed by atoms with E-state index in [-0.39, 0.29) is 18.9 Å². The number of rotatable bonds is 39. The van der Waals surface area contributed by atoms with Crippen LogP contribution in [0.2, 0.25) is 0 Å². The van der Waals surface area contributed by atoms with Crippen LogP contribution in [0.15, 0.2) is 24.3 Å². The van der Waals surface area contributed by atoms with Gasteiger partial charge in [-0.2, -0.15) is 0 Å². The third-order valence-corrected chi connectivity index (χ3v) is 12.6. The van der Waals surface area contributed by atoms with Gasteiger partial charge in [-0.1, -0.05) is 167 Å². The molecule has 0 aromatic rings. The number of aliphatic hydroxyl groups excluding tert-OH is 8. The van der Waals surface area contributed by atoms with Crippen LogP contribution in [0.5, 0.6) is 0 Å². The minimum absolute atomic E-state index is 0.245. The summed E-state index contributed by atoms with van der Waals surface area (Å²) in [6.45, 7) is 2.77. The first-order valence-corrected chi connectivity index (χ1v) is 25.6. The van der Waals surface area contributed by atoms with Gasteiger partial charge in [0.1, 0.15) is 48.8 Å². The van der Waals surface area contributed by atoms with Crippen molar-refractivity contribution in [1.82, 2.24) is 5.32 Å². The van der Waals surface area contributed by atoms with E-state index in [0.717, 1.165) is 44.9 Å². The van der Waals surface area contributed by atoms with Crippen molar-refractivity contribution in [3.05, 3.63) is 24.3 Å². The van der Waals surface area contributed by atoms with E-state index < -0.39 is 86.8 Å². The monoisotopic (exact) mass is 916 g/mol. The molecule has 14 nitrogen and oxygen atoms in total. The molecule has 64 heavy (non-hydrogen) atoms. The van der Waals surface area contributed by atoms with Gasteiger partial charge in [-0.15, -0.1) is 0 Å². The van der Waals surface area contributed by atoms with Crippen molar-refractivity contribution in [3.63, 3.8) is 0 Å². The quantitative estimate of drug-likeness (QED) is 0.0236. The van der Waals surface area contributed by atoms with Crippen LogP contribution in [0.4, 0.5) is 0 Å². The summed E-state index contributed by atoms with van der Waals surface area (Å²) in [6.07, 6.45) is 23.6. The van der Waals surface area contributed by atoms with Crippen LogP contribution in [0.3, 0.4) is 0 Å². The zero-order valence-corrected chi connectivity index (χ0v) is 39.8. The van der Waals surface area contributed by atoms with Crippen molar-refractivity contribution < 1.29 is 64.6 Å². The van der Waals surface area contributed by atoms with Crippen molar-refractivity contribution in [2.24, 2.45) is 0 Å². The lowest BCUT2D eigenvalue weighted by atomic mass is 9.97. The van der Waals surface area contributed by atoms with Crippen LogP contribution in [0.25, 0.3) is 0 Å². The summed E-state index contributed by atoms with van der Waals surface area (Å²) in [6, 6.07) is -0.912. The van der Waals surface area contributed by atoms with E-state index in [9.17, 15) is 45.6 Å². The van der Waals surface area contributed by atoms with Crippen LogP contribution < -0.4 is 5.32 Å². The molecule has 2 aliphatic heterocycles. The van der Waals surface area contributed by atoms with Gasteiger partial charge in [-0.05, 0) is 44.9 Å². The van der Waals surface area contributed by atoms with Gasteiger partial charge in [0.05, 0.1) is 32.0 Å². The highest BCUT2D eigenvalue weighted by molar-refractivity contribution is 5.76. The lowest BCUT2D eigenvalue weighted by Gasteiger charge is -2.46. The summed E-state index contributed by atoms with van der Waals surface area (Å²) < 4.78 is 22.7. The van der Waals surface area contributed by atoms with Crippen molar-refractivity contribution >= 4 is 5.91 Å². The Balaban J connectivity index is 1.84. The lowest BCUT2D eigenvalue weighted by Crippen LogP contribution is -2.65. The molecule has 12 unspecified atom stereocenters. The molecule has 0 aliphatic carbocycles. The highest BCUT2D eigenvalue weighted by atomic mass is 16.7. The average molecular weight is 916 g/mol. The van der Waals surface area contributed by atoms with Gasteiger partial charge in [0.15, 0.2) is 12.6 Å². The molecule has 0 aromatic carbocycles. The molecular formula is C50H93NO13. The molecule has 0 aromatic heterocycles. The molecule has 2 rings (SSSR count). The third kappa shape index (κ3) is 24.5. The van der Waals surface area contributed by atoms with Crippen molar-refractivity contribution in [3.8, 4) is 0 Å². The van der Waals surface area contributed by atoms with Crippen LogP contribution in [0, 0.1) is 0 Å². The van der Waals surface area contributed by atoms with E-state index in [0.29, 0.717) is 6.42 Å². The predicted octanol–water partition coefficient (Wildman–Crippen LogP) is 6.55. The van der Waals surface area contributed by atoms with E-state index in [4.69, 9.17) is 18.9 Å². The minimum Gasteiger partial charge on any atom is -0.394 e. The SMILES string of the molecule is CCCCCCCCC/C=C\CCCCCCCCCC(=O)NC(COC1OC(CO)C(OC2OC(CO)C(O)C(O)C2O)C(O)C1O)C(O)/C=C/CCCCCCCCCCCC. The summed E-state index contributed by atoms with van der Waals surface area (Å²) in [4.78, 5) is 13.2. The number of carbonyl (C=O) groups is 1. The number of carbonyl (C=O) groups excluding carboxylic acids is 1. The summed E-state index contributed by atoms with van der Waals surface area (Å²) >= 11 is 0. The Kier molecular flexibility index (Phi) is 34.3. The topological polar surface area (TPSA) is 228 Å². The van der Waals surface area contributed by atoms with Crippen molar-refractivity contribution in [2.75, 3.05) is 19.8 Å². The standard InChI is InChI=1S/C50H93NO13/c1-3-5-7-9-11-13-15-17-18-19-20-21-22-24-26-28-30-32-34-42(55)51-38(39(54)33-31-29-27-25-23-16-14-12-10-8-6-4-2)37-61-49-47(60)45(58)48(41(36-53)63-49)64-50-46(59)44(57)43(56)40(35-52)62-50/h18-19,31,33,38-41,43-50,52-54,56-60H,3-17,20-30,32,34-37H2,1-2H3,(H,51,55)/b19-18-,33-31+. The van der Waals surface area contributed by atoms with E-state index in [2.05, 4.69) is 31.3 Å². The van der Waals surface area contributed by atoms with Crippen LogP contribution in [-0.2, 0) is 23.7 Å². The second kappa shape index (κ2) is 37.5. The Bertz CT molecular complexity index is 1170. The Morgan fingerprint density at radius 1 is 0.547 bits per heavy atom. The number of aliphatic hydroxyl groups is 8. The molecule has 9 N–H and O–H groups in total. The van der Waals surface area contributed by atoms with Gasteiger partial charge in [0.25, 0.3) is 0 Å². The molecule has 0 radical (unpaired) electrons. The summed E-state index contributed by atoms with van der Waals surface area (Å²) in [5, 5.41) is 86.7. The van der Waals surface area contributed by atoms with Crippen LogP contribution in [-0.4, -0.2) is 140 Å². The van der Waals surface area contributed by atoms with Crippen LogP contribution >= 0.6 is 0 Å². The van der Waals surface area contributed by atoms with Gasteiger partial charge in [0, 0.05) is 6.42 Å². The normalized spacial score (nSPS) is 27.4. The smallest absolute Gasteiger partial charge is 0.220 e. The third-order valence-electron chi connectivity index (χ3n) is 12.6. The Hall–Kier alpha value is -1.53. The highest BCUT2D eigenvalue weighted by Gasteiger charge is 2.51. The highest BCUT2D eigenvalue weighted by Crippen LogP contribution is 2.30. The number of nitrogens with one attached hydrogen (secondary N) is 1. The van der Waals surface area contributed by atoms with E-state index in [1.54, 1.807) is 6.08 Å². The van der Waals surface area contributed by atoms with E-state index in [1.807, 2.05) is 6.08 Å². The van der Waals surface area contributed by atoms with Gasteiger partial charge >= 0.3 is 0 Å². The van der Waals surface area contributed by atoms with Crippen molar-refractivity contribution in [1.29, 1.82) is 0 Å². The molecule has 2 fully saturated rings. The zero-order valence-electron chi connectivity index (χ0n) is 39.8. The number of allylic oxidation sites excluding steroid dienone is 3. The first-order chi connectivity index (χ1) is 31.1. The number of amides is 1. The zero-order chi connectivity index (χ0) is 46.8. The van der Waals surface area contributed by atoms with Gasteiger partial charge < -0.3 is 65.1 Å². The number of hydrogen-bond donors (Lipinski definition) is 9. The maximum absolute atomic E-state index is 13.2. The van der Waals surface area contributed by atoms with Gasteiger partial charge in [-0.3, -0.25) is 4.79 Å². The first kappa shape index (κ1) is 58.6. The second-order valence-electron chi connectivity index (χ2n) is 18.3. The summed E-state index contributed by atoms with van der Waals surface area (Å²) in [7, 11) is 0. The molecule has 12 atom stereocenters. The number of hydrogen-bond acceptors (Lipinski definition) is 13.